The maximum atomic E-state index is 15.8. The molecule has 0 aliphatic heterocycles. The first-order chi connectivity index (χ1) is 16.7. The number of hydrogen-bond donors (Lipinski definition) is 1. The van der Waals surface area contributed by atoms with Crippen molar-refractivity contribution in [2.75, 3.05) is 7.05 Å². The van der Waals surface area contributed by atoms with Gasteiger partial charge in [0, 0.05) is 29.1 Å². The average Bonchev–Trinajstić information content (AvgIpc) is 3.38. The molecule has 5 rings (SSSR count). The largest absolute Gasteiger partial charge is 0.361 e. The molecule has 0 radical (unpaired) electrons. The van der Waals surface area contributed by atoms with E-state index in [1.807, 2.05) is 30.7 Å². The van der Waals surface area contributed by atoms with Crippen molar-refractivity contribution < 1.29 is 17.3 Å². The molecule has 1 N–H and O–H groups in total. The first kappa shape index (κ1) is 23.7. The van der Waals surface area contributed by atoms with Gasteiger partial charge in [0.05, 0.1) is 28.2 Å². The second kappa shape index (κ2) is 8.87. The molecule has 3 heterocycles. The Balaban J connectivity index is 1.64. The van der Waals surface area contributed by atoms with Gasteiger partial charge in [-0.3, -0.25) is 4.98 Å². The van der Waals surface area contributed by atoms with Crippen molar-refractivity contribution in [1.82, 2.24) is 19.4 Å². The minimum Gasteiger partial charge on any atom is -0.361 e. The van der Waals surface area contributed by atoms with Crippen LogP contribution in [0.3, 0.4) is 0 Å². The third-order valence-electron chi connectivity index (χ3n) is 6.99. The predicted octanol–water partition coefficient (Wildman–Crippen LogP) is 5.56. The van der Waals surface area contributed by atoms with Crippen molar-refractivity contribution in [1.29, 1.82) is 0 Å². The summed E-state index contributed by atoms with van der Waals surface area (Å²) in [4.78, 5) is 4.96. The van der Waals surface area contributed by atoms with E-state index in [4.69, 9.17) is 9.51 Å². The zero-order valence-electron chi connectivity index (χ0n) is 20.1. The van der Waals surface area contributed by atoms with Crippen LogP contribution in [-0.4, -0.2) is 35.8 Å². The quantitative estimate of drug-likeness (QED) is 0.378. The lowest BCUT2D eigenvalue weighted by Crippen LogP contribution is -2.31. The second-order valence-corrected chi connectivity index (χ2v) is 11.3. The van der Waals surface area contributed by atoms with Crippen molar-refractivity contribution in [3.63, 3.8) is 0 Å². The molecular weight excluding hydrogens is 467 g/mol. The zero-order valence-corrected chi connectivity index (χ0v) is 21.0. The topological polar surface area (TPSA) is 90.0 Å². The van der Waals surface area contributed by atoms with Crippen LogP contribution in [0.2, 0.25) is 0 Å². The lowest BCUT2D eigenvalue weighted by molar-refractivity contribution is 0.0873. The van der Waals surface area contributed by atoms with Gasteiger partial charge < -0.3 is 9.09 Å². The van der Waals surface area contributed by atoms with Crippen LogP contribution in [0.5, 0.6) is 0 Å². The Labute approximate surface area is 204 Å². The number of hydrogen-bond acceptors (Lipinski definition) is 5. The van der Waals surface area contributed by atoms with Gasteiger partial charge in [-0.2, -0.15) is 0 Å². The smallest absolute Gasteiger partial charge is 0.240 e. The molecule has 0 saturated heterocycles. The first-order valence-electron chi connectivity index (χ1n) is 11.9. The van der Waals surface area contributed by atoms with Gasteiger partial charge in [-0.05, 0) is 57.5 Å². The fourth-order valence-electron chi connectivity index (χ4n) is 5.12. The number of benzene rings is 1. The van der Waals surface area contributed by atoms with E-state index in [0.717, 1.165) is 58.2 Å². The molecule has 184 valence electrons. The van der Waals surface area contributed by atoms with E-state index in [0.29, 0.717) is 18.6 Å². The van der Waals surface area contributed by atoms with E-state index < -0.39 is 15.7 Å². The highest BCUT2D eigenvalue weighted by Crippen LogP contribution is 2.38. The summed E-state index contributed by atoms with van der Waals surface area (Å²) in [5, 5.41) is 4.06. The minimum absolute atomic E-state index is 0.186. The molecule has 0 unspecified atom stereocenters. The number of sulfonamides is 1. The summed E-state index contributed by atoms with van der Waals surface area (Å²) in [6, 6.07) is 8.68. The highest BCUT2D eigenvalue weighted by molar-refractivity contribution is 7.89. The summed E-state index contributed by atoms with van der Waals surface area (Å²) in [5.74, 6) is 0.706. The van der Waals surface area contributed by atoms with Crippen LogP contribution in [0.1, 0.15) is 43.6 Å². The van der Waals surface area contributed by atoms with Crippen molar-refractivity contribution in [3.8, 4) is 22.3 Å². The maximum absolute atomic E-state index is 15.8. The number of fused-ring (bicyclic) bond motifs is 1. The summed E-state index contributed by atoms with van der Waals surface area (Å²) in [6.07, 6.45) is 7.69. The Kier molecular flexibility index (Phi) is 6.01. The summed E-state index contributed by atoms with van der Waals surface area (Å²) in [6.45, 7) is 4.01. The highest BCUT2D eigenvalue weighted by atomic mass is 32.2. The Morgan fingerprint density at radius 3 is 2.46 bits per heavy atom. The summed E-state index contributed by atoms with van der Waals surface area (Å²) < 4.78 is 49.7. The van der Waals surface area contributed by atoms with Gasteiger partial charge in [0.25, 0.3) is 0 Å². The van der Waals surface area contributed by atoms with Gasteiger partial charge in [0.2, 0.25) is 10.0 Å². The van der Waals surface area contributed by atoms with Crippen LogP contribution in [0.25, 0.3) is 33.3 Å². The molecule has 35 heavy (non-hydrogen) atoms. The molecule has 0 amide bonds. The van der Waals surface area contributed by atoms with E-state index in [1.54, 1.807) is 30.5 Å². The number of alkyl halides is 1. The predicted molar refractivity (Wildman–Crippen MR) is 133 cm³/mol. The SMILES string of the molecule is CNS(=O)(=O)c1ccc(-c2cn(CC3(F)CCCCC3)c3cc(-c4c(C)noc4C)cnc23)cc1. The fraction of sp³-hybridized carbons (Fsp3) is 0.385. The standard InChI is InChI=1S/C26H29FN4O3S/c1-17-24(18(2)34-30-17)20-13-23-25(29-14-20)22(15-31(23)16-26(27)11-5-4-6-12-26)19-7-9-21(10-8-19)35(32,33)28-3/h7-10,13-15,28H,4-6,11-12,16H2,1-3H3. The average molecular weight is 497 g/mol. The summed E-state index contributed by atoms with van der Waals surface area (Å²) >= 11 is 0. The zero-order chi connectivity index (χ0) is 24.8. The van der Waals surface area contributed by atoms with Crippen LogP contribution in [0.15, 0.2) is 52.1 Å². The van der Waals surface area contributed by atoms with Gasteiger partial charge in [0.15, 0.2) is 0 Å². The van der Waals surface area contributed by atoms with Gasteiger partial charge in [-0.25, -0.2) is 17.5 Å². The molecule has 3 aromatic heterocycles. The molecular formula is C26H29FN4O3S. The van der Waals surface area contributed by atoms with Crippen molar-refractivity contribution in [2.45, 2.75) is 63.1 Å². The third-order valence-corrected chi connectivity index (χ3v) is 8.42. The molecule has 9 heteroatoms. The van der Waals surface area contributed by atoms with E-state index in [1.165, 1.54) is 7.05 Å². The molecule has 1 saturated carbocycles. The Hall–Kier alpha value is -3.04. The van der Waals surface area contributed by atoms with Crippen LogP contribution < -0.4 is 4.72 Å². The Morgan fingerprint density at radius 1 is 1.11 bits per heavy atom. The third kappa shape index (κ3) is 4.38. The molecule has 1 fully saturated rings. The highest BCUT2D eigenvalue weighted by Gasteiger charge is 2.33. The summed E-state index contributed by atoms with van der Waals surface area (Å²) in [7, 11) is -2.15. The van der Waals surface area contributed by atoms with E-state index in [-0.39, 0.29) is 11.4 Å². The van der Waals surface area contributed by atoms with Crippen molar-refractivity contribution in [3.05, 3.63) is 54.2 Å². The Bertz CT molecular complexity index is 1460. The number of aromatic nitrogens is 3. The van der Waals surface area contributed by atoms with Gasteiger partial charge in [-0.15, -0.1) is 0 Å². The number of rotatable bonds is 6. The number of aryl methyl sites for hydroxylation is 2. The molecule has 0 spiro atoms. The number of nitrogens with zero attached hydrogens (tertiary/aromatic N) is 3. The second-order valence-electron chi connectivity index (χ2n) is 9.41. The van der Waals surface area contributed by atoms with E-state index in [2.05, 4.69) is 9.88 Å². The number of pyridine rings is 1. The van der Waals surface area contributed by atoms with Gasteiger partial charge >= 0.3 is 0 Å². The van der Waals surface area contributed by atoms with Crippen molar-refractivity contribution >= 4 is 21.1 Å². The maximum Gasteiger partial charge on any atom is 0.240 e. The van der Waals surface area contributed by atoms with Crippen molar-refractivity contribution in [2.24, 2.45) is 0 Å². The van der Waals surface area contributed by atoms with Crippen LogP contribution >= 0.6 is 0 Å². The molecule has 0 bridgehead atoms. The van der Waals surface area contributed by atoms with Crippen LogP contribution in [-0.2, 0) is 16.6 Å². The number of nitrogens with one attached hydrogen (secondary N) is 1. The van der Waals surface area contributed by atoms with E-state index in [9.17, 15) is 8.42 Å². The molecule has 0 atom stereocenters. The lowest BCUT2D eigenvalue weighted by Gasteiger charge is -2.30. The monoisotopic (exact) mass is 496 g/mol. The molecule has 4 aromatic rings. The first-order valence-corrected chi connectivity index (χ1v) is 13.3. The molecule has 1 aliphatic carbocycles. The van der Waals surface area contributed by atoms with E-state index >= 15 is 4.39 Å². The molecule has 1 aromatic carbocycles. The fourth-order valence-corrected chi connectivity index (χ4v) is 5.85. The normalized spacial score (nSPS) is 16.1. The summed E-state index contributed by atoms with van der Waals surface area (Å²) in [5.41, 5.74) is 4.49. The molecule has 7 nitrogen and oxygen atoms in total. The Morgan fingerprint density at radius 2 is 1.83 bits per heavy atom. The van der Waals surface area contributed by atoms with Crippen LogP contribution in [0, 0.1) is 13.8 Å². The van der Waals surface area contributed by atoms with Gasteiger partial charge in [0.1, 0.15) is 11.4 Å². The molecule has 1 aliphatic rings. The number of halogens is 1. The van der Waals surface area contributed by atoms with Gasteiger partial charge in [-0.1, -0.05) is 36.6 Å². The van der Waals surface area contributed by atoms with Crippen LogP contribution in [0.4, 0.5) is 4.39 Å². The minimum atomic E-state index is -3.54. The lowest BCUT2D eigenvalue weighted by atomic mass is 9.86.